The Labute approximate surface area is 169 Å². The van der Waals surface area contributed by atoms with Crippen molar-refractivity contribution in [2.24, 2.45) is 5.11 Å². The van der Waals surface area contributed by atoms with Crippen molar-refractivity contribution in [1.82, 2.24) is 0 Å². The summed E-state index contributed by atoms with van der Waals surface area (Å²) in [6.07, 6.45) is -1.48. The maximum absolute atomic E-state index is 11.6. The highest BCUT2D eigenvalue weighted by atomic mass is 16.7. The van der Waals surface area contributed by atoms with Gasteiger partial charge in [-0.2, -0.15) is 0 Å². The predicted octanol–water partition coefficient (Wildman–Crippen LogP) is 2.41. The molecular weight excluding hydrogens is 386 g/mol. The zero-order chi connectivity index (χ0) is 21.8. The van der Waals surface area contributed by atoms with Gasteiger partial charge in [0.15, 0.2) is 24.6 Å². The Balaban J connectivity index is 2.75. The molecule has 0 aliphatic carbocycles. The van der Waals surface area contributed by atoms with Gasteiger partial charge >= 0.3 is 17.9 Å². The van der Waals surface area contributed by atoms with E-state index in [0.717, 1.165) is 19.3 Å². The van der Waals surface area contributed by atoms with Crippen LogP contribution < -0.4 is 0 Å². The molecule has 0 radical (unpaired) electrons. The molecule has 0 aromatic rings. The van der Waals surface area contributed by atoms with Gasteiger partial charge in [-0.1, -0.05) is 18.0 Å². The number of esters is 3. The summed E-state index contributed by atoms with van der Waals surface area (Å²) in [4.78, 5) is 37.3. The summed E-state index contributed by atoms with van der Waals surface area (Å²) in [5.41, 5.74) is 8.23. The highest BCUT2D eigenvalue weighted by Crippen LogP contribution is 2.29. The number of hydrogen-bond donors (Lipinski definition) is 0. The van der Waals surface area contributed by atoms with Gasteiger partial charge in [0.05, 0.1) is 6.10 Å². The van der Waals surface area contributed by atoms with E-state index in [0.29, 0.717) is 19.6 Å². The van der Waals surface area contributed by atoms with E-state index in [1.54, 1.807) is 6.92 Å². The fourth-order valence-corrected chi connectivity index (χ4v) is 2.99. The van der Waals surface area contributed by atoms with Gasteiger partial charge in [0, 0.05) is 38.8 Å². The van der Waals surface area contributed by atoms with E-state index in [-0.39, 0.29) is 0 Å². The Bertz CT molecular complexity index is 608. The normalized spacial score (nSPS) is 26.1. The van der Waals surface area contributed by atoms with Crippen LogP contribution in [0.2, 0.25) is 0 Å². The van der Waals surface area contributed by atoms with E-state index in [1.807, 2.05) is 0 Å². The summed E-state index contributed by atoms with van der Waals surface area (Å²) in [7, 11) is 0. The summed E-state index contributed by atoms with van der Waals surface area (Å²) in [6.45, 7) is 6.08. The van der Waals surface area contributed by atoms with Gasteiger partial charge < -0.3 is 23.7 Å². The molecule has 0 aromatic heterocycles. The van der Waals surface area contributed by atoms with Crippen LogP contribution in [0.15, 0.2) is 5.11 Å². The molecule has 0 amide bonds. The fraction of sp³-hybridized carbons (Fsp3) is 0.833. The van der Waals surface area contributed by atoms with Crippen molar-refractivity contribution in [2.75, 3.05) is 13.2 Å². The molecule has 0 saturated carbocycles. The number of nitrogens with zero attached hydrogens (tertiary/aromatic N) is 3. The molecular formula is C18H29N3O8. The van der Waals surface area contributed by atoms with Gasteiger partial charge in [0.2, 0.25) is 0 Å². The number of carbonyl (C=O) groups is 3. The summed E-state index contributed by atoms with van der Waals surface area (Å²) in [5.74, 6) is -1.81. The van der Waals surface area contributed by atoms with Crippen molar-refractivity contribution in [3.05, 3.63) is 10.4 Å². The molecule has 11 nitrogen and oxygen atoms in total. The number of rotatable bonds is 11. The molecule has 0 bridgehead atoms. The Morgan fingerprint density at radius 2 is 1.45 bits per heavy atom. The Kier molecular flexibility index (Phi) is 11.0. The summed E-state index contributed by atoms with van der Waals surface area (Å²) in [6, 6.07) is 0. The van der Waals surface area contributed by atoms with Gasteiger partial charge in [-0.25, -0.2) is 0 Å². The maximum Gasteiger partial charge on any atom is 0.303 e. The Hall–Kier alpha value is -2.36. The number of carbonyl (C=O) groups excluding carboxylic acids is 3. The molecule has 1 aliphatic heterocycles. The van der Waals surface area contributed by atoms with Crippen LogP contribution >= 0.6 is 0 Å². The predicted molar refractivity (Wildman–Crippen MR) is 99.4 cm³/mol. The zero-order valence-electron chi connectivity index (χ0n) is 17.2. The molecule has 0 aromatic carbocycles. The standard InChI is InChI=1S/C18H29N3O8/c1-11-15(27-12(2)22)16(28-13(3)23)17(29-14(4)24)18(26-11)25-10-8-6-5-7-9-20-21-19/h11,15-18H,5-10H2,1-4H3/t11-,15-,16+,17+,18+/m1/s1. The second-order valence-electron chi connectivity index (χ2n) is 6.67. The highest BCUT2D eigenvalue weighted by molar-refractivity contribution is 5.68. The number of ether oxygens (including phenoxy) is 5. The monoisotopic (exact) mass is 415 g/mol. The van der Waals surface area contributed by atoms with Gasteiger partial charge in [0.25, 0.3) is 0 Å². The van der Waals surface area contributed by atoms with Crippen LogP contribution in [0, 0.1) is 0 Å². The second-order valence-corrected chi connectivity index (χ2v) is 6.67. The van der Waals surface area contributed by atoms with Crippen molar-refractivity contribution in [3.63, 3.8) is 0 Å². The molecule has 1 rings (SSSR count). The zero-order valence-corrected chi connectivity index (χ0v) is 17.2. The first kappa shape index (κ1) is 24.7. The minimum Gasteiger partial charge on any atom is -0.456 e. The second kappa shape index (κ2) is 13.0. The van der Waals surface area contributed by atoms with Gasteiger partial charge in [-0.15, -0.1) is 0 Å². The Morgan fingerprint density at radius 1 is 0.897 bits per heavy atom. The van der Waals surface area contributed by atoms with Crippen molar-refractivity contribution in [2.45, 2.75) is 84.1 Å². The van der Waals surface area contributed by atoms with E-state index in [2.05, 4.69) is 10.0 Å². The van der Waals surface area contributed by atoms with Crippen LogP contribution in [0.1, 0.15) is 53.4 Å². The van der Waals surface area contributed by atoms with Crippen LogP contribution in [0.5, 0.6) is 0 Å². The van der Waals surface area contributed by atoms with Crippen LogP contribution in [-0.2, 0) is 38.1 Å². The third kappa shape index (κ3) is 9.12. The largest absolute Gasteiger partial charge is 0.456 e. The van der Waals surface area contributed by atoms with Crippen LogP contribution in [-0.4, -0.2) is 61.8 Å². The quantitative estimate of drug-likeness (QED) is 0.125. The maximum atomic E-state index is 11.6. The lowest BCUT2D eigenvalue weighted by atomic mass is 9.99. The lowest BCUT2D eigenvalue weighted by Crippen LogP contribution is -2.61. The first-order chi connectivity index (χ1) is 13.8. The van der Waals surface area contributed by atoms with E-state index < -0.39 is 48.6 Å². The van der Waals surface area contributed by atoms with Crippen molar-refractivity contribution in [3.8, 4) is 0 Å². The molecule has 0 unspecified atom stereocenters. The third-order valence-electron chi connectivity index (χ3n) is 4.13. The molecule has 0 spiro atoms. The fourth-order valence-electron chi connectivity index (χ4n) is 2.99. The topological polar surface area (TPSA) is 146 Å². The lowest BCUT2D eigenvalue weighted by Gasteiger charge is -2.43. The lowest BCUT2D eigenvalue weighted by molar-refractivity contribution is -0.300. The van der Waals surface area contributed by atoms with E-state index in [9.17, 15) is 14.4 Å². The van der Waals surface area contributed by atoms with Gasteiger partial charge in [0.1, 0.15) is 0 Å². The van der Waals surface area contributed by atoms with Gasteiger partial charge in [-0.05, 0) is 25.3 Å². The minimum atomic E-state index is -1.08. The molecule has 1 saturated heterocycles. The molecule has 5 atom stereocenters. The smallest absolute Gasteiger partial charge is 0.303 e. The first-order valence-electron chi connectivity index (χ1n) is 9.55. The van der Waals surface area contributed by atoms with E-state index in [4.69, 9.17) is 29.2 Å². The average Bonchev–Trinajstić information content (AvgIpc) is 2.62. The number of unbranched alkanes of at least 4 members (excludes halogenated alkanes) is 3. The van der Waals surface area contributed by atoms with Crippen molar-refractivity contribution >= 4 is 17.9 Å². The van der Waals surface area contributed by atoms with Crippen molar-refractivity contribution in [1.29, 1.82) is 0 Å². The SMILES string of the molecule is CC(=O)O[C@@H]1[C@H](OC(C)=O)[C@@H](OCCCCCCN=[N+]=[N-])O[C@H](C)[C@H]1OC(C)=O. The van der Waals surface area contributed by atoms with Crippen LogP contribution in [0.25, 0.3) is 10.4 Å². The number of azide groups is 1. The van der Waals surface area contributed by atoms with Gasteiger partial charge in [-0.3, -0.25) is 14.4 Å². The summed E-state index contributed by atoms with van der Waals surface area (Å²) in [5, 5.41) is 3.47. The van der Waals surface area contributed by atoms with Crippen molar-refractivity contribution < 1.29 is 38.1 Å². The molecule has 29 heavy (non-hydrogen) atoms. The minimum absolute atomic E-state index is 0.321. The average molecular weight is 415 g/mol. The molecule has 1 fully saturated rings. The van der Waals surface area contributed by atoms with Crippen LogP contribution in [0.3, 0.4) is 0 Å². The molecule has 11 heteroatoms. The van der Waals surface area contributed by atoms with E-state index >= 15 is 0 Å². The summed E-state index contributed by atoms with van der Waals surface area (Å²) < 4.78 is 27.4. The third-order valence-corrected chi connectivity index (χ3v) is 4.13. The molecule has 0 N–H and O–H groups in total. The molecule has 1 heterocycles. The Morgan fingerprint density at radius 3 is 2.03 bits per heavy atom. The molecule has 164 valence electrons. The summed E-state index contributed by atoms with van der Waals surface area (Å²) >= 11 is 0. The first-order valence-corrected chi connectivity index (χ1v) is 9.55. The highest BCUT2D eigenvalue weighted by Gasteiger charge is 2.50. The van der Waals surface area contributed by atoms with Crippen LogP contribution in [0.4, 0.5) is 0 Å². The molecule has 1 aliphatic rings. The van der Waals surface area contributed by atoms with E-state index in [1.165, 1.54) is 20.8 Å². The number of hydrogen-bond acceptors (Lipinski definition) is 9.